The maximum absolute atomic E-state index is 13.7. The SMILES string of the molecule is Cc1c(CNc2cc(F)ccc2F)c(=O)n(-c2ccccc2)n1C. The number of nitrogens with one attached hydrogen (secondary N) is 1. The van der Waals surface area contributed by atoms with Gasteiger partial charge in [-0.25, -0.2) is 13.5 Å². The molecule has 3 rings (SSSR count). The zero-order valence-electron chi connectivity index (χ0n) is 13.4. The van der Waals surface area contributed by atoms with E-state index in [9.17, 15) is 13.6 Å². The molecule has 0 atom stereocenters. The normalized spacial score (nSPS) is 10.8. The number of aromatic nitrogens is 2. The minimum atomic E-state index is -0.562. The summed E-state index contributed by atoms with van der Waals surface area (Å²) in [6.07, 6.45) is 0. The highest BCUT2D eigenvalue weighted by molar-refractivity contribution is 5.46. The van der Waals surface area contributed by atoms with Gasteiger partial charge in [0, 0.05) is 19.3 Å². The lowest BCUT2D eigenvalue weighted by atomic mass is 10.2. The number of rotatable bonds is 4. The van der Waals surface area contributed by atoms with Gasteiger partial charge < -0.3 is 5.32 Å². The van der Waals surface area contributed by atoms with Crippen molar-refractivity contribution in [3.05, 3.63) is 81.8 Å². The number of anilines is 1. The van der Waals surface area contributed by atoms with E-state index >= 15 is 0 Å². The van der Waals surface area contributed by atoms with Crippen LogP contribution in [0.1, 0.15) is 11.3 Å². The molecule has 2 aromatic carbocycles. The molecule has 0 amide bonds. The zero-order valence-corrected chi connectivity index (χ0v) is 13.4. The molecular formula is C18H17F2N3O. The van der Waals surface area contributed by atoms with Crippen LogP contribution in [0.4, 0.5) is 14.5 Å². The van der Waals surface area contributed by atoms with Crippen LogP contribution in [0, 0.1) is 18.6 Å². The Morgan fingerprint density at radius 1 is 1.08 bits per heavy atom. The summed E-state index contributed by atoms with van der Waals surface area (Å²) < 4.78 is 30.2. The Kier molecular flexibility index (Phi) is 4.20. The molecule has 4 nitrogen and oxygen atoms in total. The number of nitrogens with zero attached hydrogens (tertiary/aromatic N) is 2. The maximum Gasteiger partial charge on any atom is 0.276 e. The summed E-state index contributed by atoms with van der Waals surface area (Å²) in [5.41, 5.74) is 1.85. The summed E-state index contributed by atoms with van der Waals surface area (Å²) in [7, 11) is 1.79. The van der Waals surface area contributed by atoms with E-state index in [1.807, 2.05) is 37.3 Å². The fraction of sp³-hybridized carbons (Fsp3) is 0.167. The van der Waals surface area contributed by atoms with Gasteiger partial charge in [0.15, 0.2) is 0 Å². The van der Waals surface area contributed by atoms with Gasteiger partial charge in [0.05, 0.1) is 16.9 Å². The highest BCUT2D eigenvalue weighted by Crippen LogP contribution is 2.17. The van der Waals surface area contributed by atoms with Crippen LogP contribution in [-0.4, -0.2) is 9.36 Å². The van der Waals surface area contributed by atoms with Crippen LogP contribution in [0.25, 0.3) is 5.69 Å². The predicted octanol–water partition coefficient (Wildman–Crippen LogP) is 3.37. The summed E-state index contributed by atoms with van der Waals surface area (Å²) >= 11 is 0. The molecule has 6 heteroatoms. The van der Waals surface area contributed by atoms with Crippen molar-refractivity contribution in [1.82, 2.24) is 9.36 Å². The maximum atomic E-state index is 13.7. The molecule has 0 aliphatic heterocycles. The average molecular weight is 329 g/mol. The highest BCUT2D eigenvalue weighted by Gasteiger charge is 2.16. The molecule has 1 N–H and O–H groups in total. The Labute approximate surface area is 138 Å². The Balaban J connectivity index is 1.95. The monoisotopic (exact) mass is 329 g/mol. The standard InChI is InChI=1S/C18H17F2N3O/c1-12-15(11-21-17-10-13(19)8-9-16(17)20)18(24)23(22(12)2)14-6-4-3-5-7-14/h3-10,21H,11H2,1-2H3. The number of halogens is 2. The molecular weight excluding hydrogens is 312 g/mol. The van der Waals surface area contributed by atoms with E-state index in [1.54, 1.807) is 16.4 Å². The molecule has 1 heterocycles. The average Bonchev–Trinajstić information content (AvgIpc) is 2.79. The first-order valence-electron chi connectivity index (χ1n) is 7.51. The summed E-state index contributed by atoms with van der Waals surface area (Å²) in [6.45, 7) is 1.93. The van der Waals surface area contributed by atoms with E-state index < -0.39 is 11.6 Å². The van der Waals surface area contributed by atoms with Crippen molar-refractivity contribution in [2.45, 2.75) is 13.5 Å². The van der Waals surface area contributed by atoms with Crippen molar-refractivity contribution in [2.75, 3.05) is 5.32 Å². The largest absolute Gasteiger partial charge is 0.378 e. The van der Waals surface area contributed by atoms with Gasteiger partial charge in [0.25, 0.3) is 5.56 Å². The molecule has 0 saturated carbocycles. The molecule has 24 heavy (non-hydrogen) atoms. The van der Waals surface area contributed by atoms with Crippen molar-refractivity contribution in [2.24, 2.45) is 7.05 Å². The molecule has 0 unspecified atom stereocenters. The van der Waals surface area contributed by atoms with Gasteiger partial charge in [-0.15, -0.1) is 0 Å². The third kappa shape index (κ3) is 2.82. The van der Waals surface area contributed by atoms with Crippen molar-refractivity contribution >= 4 is 5.69 Å². The lowest BCUT2D eigenvalue weighted by Gasteiger charge is -2.07. The molecule has 0 fully saturated rings. The first-order valence-corrected chi connectivity index (χ1v) is 7.51. The van der Waals surface area contributed by atoms with Crippen LogP contribution in [0.2, 0.25) is 0 Å². The number of hydrogen-bond acceptors (Lipinski definition) is 2. The number of hydrogen-bond donors (Lipinski definition) is 1. The molecule has 1 aromatic heterocycles. The molecule has 0 bridgehead atoms. The Hall–Kier alpha value is -2.89. The van der Waals surface area contributed by atoms with E-state index in [2.05, 4.69) is 5.32 Å². The minimum absolute atomic E-state index is 0.0314. The Morgan fingerprint density at radius 2 is 1.79 bits per heavy atom. The molecule has 3 aromatic rings. The second-order valence-electron chi connectivity index (χ2n) is 5.52. The molecule has 124 valence electrons. The number of benzene rings is 2. The minimum Gasteiger partial charge on any atom is -0.378 e. The molecule has 0 spiro atoms. The van der Waals surface area contributed by atoms with E-state index in [1.165, 1.54) is 0 Å². The van der Waals surface area contributed by atoms with Gasteiger partial charge >= 0.3 is 0 Å². The Bertz CT molecular complexity index is 929. The first kappa shape index (κ1) is 16.0. The van der Waals surface area contributed by atoms with E-state index in [4.69, 9.17) is 0 Å². The van der Waals surface area contributed by atoms with Crippen LogP contribution in [-0.2, 0) is 13.6 Å². The number of para-hydroxylation sites is 1. The van der Waals surface area contributed by atoms with Crippen molar-refractivity contribution in [1.29, 1.82) is 0 Å². The van der Waals surface area contributed by atoms with E-state index in [0.29, 0.717) is 5.56 Å². The third-order valence-corrected chi connectivity index (χ3v) is 4.06. The third-order valence-electron chi connectivity index (χ3n) is 4.06. The fourth-order valence-corrected chi connectivity index (χ4v) is 2.64. The van der Waals surface area contributed by atoms with E-state index in [0.717, 1.165) is 29.6 Å². The quantitative estimate of drug-likeness (QED) is 0.797. The topological polar surface area (TPSA) is 39.0 Å². The molecule has 0 saturated heterocycles. The smallest absolute Gasteiger partial charge is 0.276 e. The van der Waals surface area contributed by atoms with Gasteiger partial charge in [-0.05, 0) is 37.3 Å². The van der Waals surface area contributed by atoms with Gasteiger partial charge in [0.1, 0.15) is 11.6 Å². The predicted molar refractivity (Wildman–Crippen MR) is 89.4 cm³/mol. The van der Waals surface area contributed by atoms with Gasteiger partial charge in [-0.3, -0.25) is 9.48 Å². The molecule has 0 aliphatic rings. The van der Waals surface area contributed by atoms with Crippen molar-refractivity contribution in [3.8, 4) is 5.69 Å². The van der Waals surface area contributed by atoms with Gasteiger partial charge in [-0.2, -0.15) is 0 Å². The van der Waals surface area contributed by atoms with Gasteiger partial charge in [-0.1, -0.05) is 18.2 Å². The highest BCUT2D eigenvalue weighted by atomic mass is 19.1. The van der Waals surface area contributed by atoms with Crippen molar-refractivity contribution < 1.29 is 8.78 Å². The van der Waals surface area contributed by atoms with Crippen LogP contribution < -0.4 is 10.9 Å². The van der Waals surface area contributed by atoms with Crippen LogP contribution in [0.15, 0.2) is 53.3 Å². The van der Waals surface area contributed by atoms with Crippen LogP contribution >= 0.6 is 0 Å². The summed E-state index contributed by atoms with van der Waals surface area (Å²) in [4.78, 5) is 12.7. The second-order valence-corrected chi connectivity index (χ2v) is 5.52. The second kappa shape index (κ2) is 6.31. The van der Waals surface area contributed by atoms with Crippen LogP contribution in [0.5, 0.6) is 0 Å². The lowest BCUT2D eigenvalue weighted by Crippen LogP contribution is -2.21. The molecule has 0 aliphatic carbocycles. The van der Waals surface area contributed by atoms with Crippen molar-refractivity contribution in [3.63, 3.8) is 0 Å². The summed E-state index contributed by atoms with van der Waals surface area (Å²) in [6, 6.07) is 12.4. The zero-order chi connectivity index (χ0) is 17.3. The first-order chi connectivity index (χ1) is 11.5. The summed E-state index contributed by atoms with van der Waals surface area (Å²) in [5, 5.41) is 2.80. The van der Waals surface area contributed by atoms with Gasteiger partial charge in [0.2, 0.25) is 0 Å². The molecule has 0 radical (unpaired) electrons. The lowest BCUT2D eigenvalue weighted by molar-refractivity contribution is 0.602. The van der Waals surface area contributed by atoms with Crippen LogP contribution in [0.3, 0.4) is 0 Å². The summed E-state index contributed by atoms with van der Waals surface area (Å²) in [5.74, 6) is -1.10. The fourth-order valence-electron chi connectivity index (χ4n) is 2.64. The Morgan fingerprint density at radius 3 is 2.50 bits per heavy atom. The van der Waals surface area contributed by atoms with E-state index in [-0.39, 0.29) is 17.8 Å².